The normalized spacial score (nSPS) is 22.4. The first-order valence-corrected chi connectivity index (χ1v) is 9.53. The van der Waals surface area contributed by atoms with E-state index in [1.807, 2.05) is 27.7 Å². The second-order valence-corrected chi connectivity index (χ2v) is 8.03. The summed E-state index contributed by atoms with van der Waals surface area (Å²) >= 11 is 5.66. The molecule has 2 aliphatic heterocycles. The number of carbonyl (C=O) groups is 1. The smallest absolute Gasteiger partial charge is 0.399 e. The van der Waals surface area contributed by atoms with Crippen molar-refractivity contribution in [2.45, 2.75) is 45.3 Å². The second-order valence-electron chi connectivity index (χ2n) is 7.76. The molecule has 0 saturated carbocycles. The van der Waals surface area contributed by atoms with Crippen LogP contribution in [0.2, 0.25) is 0 Å². The van der Waals surface area contributed by atoms with E-state index in [0.29, 0.717) is 25.6 Å². The van der Waals surface area contributed by atoms with E-state index in [4.69, 9.17) is 20.9 Å². The van der Waals surface area contributed by atoms with E-state index in [9.17, 15) is 4.79 Å². The quantitative estimate of drug-likeness (QED) is 0.577. The van der Waals surface area contributed by atoms with Crippen LogP contribution in [0, 0.1) is 0 Å². The summed E-state index contributed by atoms with van der Waals surface area (Å²) in [6, 6.07) is 0. The molecule has 0 spiro atoms. The lowest BCUT2D eigenvalue weighted by molar-refractivity contribution is -0.128. The van der Waals surface area contributed by atoms with Gasteiger partial charge < -0.3 is 19.1 Å². The van der Waals surface area contributed by atoms with Crippen LogP contribution in [0.5, 0.6) is 0 Å². The van der Waals surface area contributed by atoms with Crippen molar-refractivity contribution in [3.05, 3.63) is 12.4 Å². The highest BCUT2D eigenvalue weighted by atomic mass is 35.5. The van der Waals surface area contributed by atoms with Crippen LogP contribution in [0.4, 0.5) is 5.95 Å². The molecule has 0 bridgehead atoms. The number of hydrogen-bond donors (Lipinski definition) is 0. The van der Waals surface area contributed by atoms with Crippen molar-refractivity contribution in [2.75, 3.05) is 37.0 Å². The number of rotatable bonds is 3. The van der Waals surface area contributed by atoms with Gasteiger partial charge in [0.15, 0.2) is 0 Å². The molecule has 1 amide bonds. The summed E-state index contributed by atoms with van der Waals surface area (Å²) in [6.45, 7) is 10.9. The summed E-state index contributed by atoms with van der Waals surface area (Å²) in [5.74, 6) is 0.662. The zero-order valence-corrected chi connectivity index (χ0v) is 16.6. The van der Waals surface area contributed by atoms with Crippen LogP contribution in [0.3, 0.4) is 0 Å². The lowest BCUT2D eigenvalue weighted by atomic mass is 9.81. The largest absolute Gasteiger partial charge is 0.498 e. The molecule has 3 rings (SSSR count). The Balaban J connectivity index is 1.66. The Kier molecular flexibility index (Phi) is 5.46. The monoisotopic (exact) mass is 380 g/mol. The molecule has 2 saturated heterocycles. The number of alkyl halides is 1. The minimum absolute atomic E-state index is 0.0226. The van der Waals surface area contributed by atoms with Crippen molar-refractivity contribution in [1.29, 1.82) is 0 Å². The highest BCUT2D eigenvalue weighted by Gasteiger charge is 2.52. The molecule has 1 aromatic rings. The van der Waals surface area contributed by atoms with E-state index in [1.165, 1.54) is 0 Å². The summed E-state index contributed by atoms with van der Waals surface area (Å²) in [5, 5.41) is 0. The summed E-state index contributed by atoms with van der Waals surface area (Å²) in [5.41, 5.74) is 0.0279. The zero-order chi connectivity index (χ0) is 18.9. The third-order valence-corrected chi connectivity index (χ3v) is 5.66. The molecule has 2 fully saturated rings. The van der Waals surface area contributed by atoms with Crippen LogP contribution in [-0.2, 0) is 14.1 Å². The van der Waals surface area contributed by atoms with Crippen LogP contribution >= 0.6 is 11.6 Å². The van der Waals surface area contributed by atoms with E-state index in [2.05, 4.69) is 14.9 Å². The van der Waals surface area contributed by atoms with Crippen molar-refractivity contribution < 1.29 is 14.1 Å². The number of hydrogen-bond acceptors (Lipinski definition) is 6. The third-order valence-electron chi connectivity index (χ3n) is 5.43. The van der Waals surface area contributed by atoms with Gasteiger partial charge in [0.25, 0.3) is 0 Å². The molecule has 9 heteroatoms. The van der Waals surface area contributed by atoms with E-state index < -0.39 is 7.12 Å². The maximum absolute atomic E-state index is 11.8. The lowest BCUT2D eigenvalue weighted by Crippen LogP contribution is -2.41. The van der Waals surface area contributed by atoms with Crippen molar-refractivity contribution in [3.63, 3.8) is 0 Å². The Labute approximate surface area is 160 Å². The van der Waals surface area contributed by atoms with Crippen molar-refractivity contribution in [3.8, 4) is 0 Å². The molecule has 3 heterocycles. The Bertz CT molecular complexity index is 640. The van der Waals surface area contributed by atoms with Crippen LogP contribution in [-0.4, -0.2) is 71.2 Å². The first-order valence-electron chi connectivity index (χ1n) is 9.00. The Morgan fingerprint density at radius 3 is 2.31 bits per heavy atom. The predicted octanol–water partition coefficient (Wildman–Crippen LogP) is 1.05. The van der Waals surface area contributed by atoms with Gasteiger partial charge in [-0.05, 0) is 34.1 Å². The van der Waals surface area contributed by atoms with Crippen molar-refractivity contribution in [2.24, 2.45) is 0 Å². The molecule has 26 heavy (non-hydrogen) atoms. The summed E-state index contributed by atoms with van der Waals surface area (Å²) < 4.78 is 12.1. The van der Waals surface area contributed by atoms with Gasteiger partial charge in [-0.2, -0.15) is 0 Å². The van der Waals surface area contributed by atoms with Gasteiger partial charge in [-0.3, -0.25) is 4.79 Å². The van der Waals surface area contributed by atoms with Gasteiger partial charge in [-0.15, -0.1) is 11.6 Å². The zero-order valence-electron chi connectivity index (χ0n) is 15.9. The molecule has 0 aromatic carbocycles. The fourth-order valence-electron chi connectivity index (χ4n) is 3.05. The fourth-order valence-corrected chi connectivity index (χ4v) is 3.22. The number of anilines is 1. The summed E-state index contributed by atoms with van der Waals surface area (Å²) in [6.07, 6.45) is 4.39. The van der Waals surface area contributed by atoms with Crippen LogP contribution in [0.1, 0.15) is 34.1 Å². The number of aromatic nitrogens is 2. The molecule has 0 unspecified atom stereocenters. The van der Waals surface area contributed by atoms with Gasteiger partial charge in [0.2, 0.25) is 11.9 Å². The average molecular weight is 381 g/mol. The van der Waals surface area contributed by atoms with Crippen LogP contribution in [0.25, 0.3) is 0 Å². The van der Waals surface area contributed by atoms with E-state index in [1.54, 1.807) is 17.3 Å². The van der Waals surface area contributed by atoms with E-state index in [0.717, 1.165) is 18.4 Å². The standard InChI is InChI=1S/C17H26BClN4O3/c1-16(2)17(3,4)26-18(25-16)13-11-20-15(21-12-13)23-7-5-6-22(8-9-23)14(24)10-19/h11-12H,5-10H2,1-4H3. The van der Waals surface area contributed by atoms with Crippen LogP contribution in [0.15, 0.2) is 12.4 Å². The van der Waals surface area contributed by atoms with Gasteiger partial charge in [-0.1, -0.05) is 0 Å². The molecule has 0 atom stereocenters. The highest BCUT2D eigenvalue weighted by molar-refractivity contribution is 6.61. The summed E-state index contributed by atoms with van der Waals surface area (Å²) in [4.78, 5) is 24.7. The SMILES string of the molecule is CC1(C)OB(c2cnc(N3CCCN(C(=O)CCl)CC3)nc2)OC1(C)C. The molecule has 0 radical (unpaired) electrons. The highest BCUT2D eigenvalue weighted by Crippen LogP contribution is 2.36. The third kappa shape index (κ3) is 3.82. The number of halogens is 1. The minimum atomic E-state index is -0.463. The molecule has 2 aliphatic rings. The average Bonchev–Trinajstić information content (AvgIpc) is 2.77. The minimum Gasteiger partial charge on any atom is -0.399 e. The Morgan fingerprint density at radius 2 is 1.73 bits per heavy atom. The molecule has 0 N–H and O–H groups in total. The topological polar surface area (TPSA) is 67.8 Å². The lowest BCUT2D eigenvalue weighted by Gasteiger charge is -2.32. The first kappa shape index (κ1) is 19.4. The molecule has 142 valence electrons. The van der Waals surface area contributed by atoms with Gasteiger partial charge in [0.05, 0.1) is 11.2 Å². The van der Waals surface area contributed by atoms with Crippen LogP contribution < -0.4 is 10.4 Å². The van der Waals surface area contributed by atoms with Gasteiger partial charge in [-0.25, -0.2) is 9.97 Å². The van der Waals surface area contributed by atoms with Crippen molar-refractivity contribution in [1.82, 2.24) is 14.9 Å². The molecular weight excluding hydrogens is 354 g/mol. The maximum atomic E-state index is 11.8. The Hall–Kier alpha value is -1.38. The molecule has 7 nitrogen and oxygen atoms in total. The fraction of sp³-hybridized carbons (Fsp3) is 0.706. The Morgan fingerprint density at radius 1 is 1.12 bits per heavy atom. The number of nitrogens with zero attached hydrogens (tertiary/aromatic N) is 4. The molecular formula is C17H26BClN4O3. The molecule has 0 aliphatic carbocycles. The van der Waals surface area contributed by atoms with Gasteiger partial charge in [0.1, 0.15) is 5.88 Å². The van der Waals surface area contributed by atoms with E-state index in [-0.39, 0.29) is 23.0 Å². The first-order chi connectivity index (χ1) is 12.2. The van der Waals surface area contributed by atoms with Gasteiger partial charge in [0, 0.05) is 44.0 Å². The maximum Gasteiger partial charge on any atom is 0.498 e. The second kappa shape index (κ2) is 7.33. The predicted molar refractivity (Wildman–Crippen MR) is 102 cm³/mol. The van der Waals surface area contributed by atoms with Crippen molar-refractivity contribution >= 4 is 36.0 Å². The number of amides is 1. The number of carbonyl (C=O) groups excluding carboxylic acids is 1. The van der Waals surface area contributed by atoms with Gasteiger partial charge >= 0.3 is 7.12 Å². The molecule has 1 aromatic heterocycles. The van der Waals surface area contributed by atoms with E-state index >= 15 is 0 Å². The summed E-state index contributed by atoms with van der Waals surface area (Å²) in [7, 11) is -0.463.